The molecule has 2 heterocycles. The first-order valence-corrected chi connectivity index (χ1v) is 8.43. The number of amides is 1. The summed E-state index contributed by atoms with van der Waals surface area (Å²) in [6.07, 6.45) is 1.60. The third-order valence-electron chi connectivity index (χ3n) is 3.43. The molecule has 2 N–H and O–H groups in total. The van der Waals surface area contributed by atoms with E-state index in [9.17, 15) is 18.4 Å². The number of anilines is 1. The average Bonchev–Trinajstić information content (AvgIpc) is 3.30. The number of esters is 1. The third-order valence-corrected chi connectivity index (χ3v) is 4.19. The molecule has 0 bridgehead atoms. The first-order valence-electron chi connectivity index (χ1n) is 7.55. The quantitative estimate of drug-likeness (QED) is 0.622. The summed E-state index contributed by atoms with van der Waals surface area (Å²) in [7, 11) is 1.28. The fourth-order valence-corrected chi connectivity index (χ4v) is 2.93. The molecule has 0 unspecified atom stereocenters. The molecule has 7 nitrogen and oxygen atoms in total. The van der Waals surface area contributed by atoms with Gasteiger partial charge in [0.2, 0.25) is 0 Å². The van der Waals surface area contributed by atoms with Crippen molar-refractivity contribution < 1.29 is 27.8 Å². The van der Waals surface area contributed by atoms with Gasteiger partial charge in [-0.05, 0) is 24.3 Å². The molecule has 1 amide bonds. The van der Waals surface area contributed by atoms with Crippen molar-refractivity contribution in [3.05, 3.63) is 53.2 Å². The minimum atomic E-state index is -2.97. The number of H-pyrrole nitrogens is 1. The van der Waals surface area contributed by atoms with E-state index in [1.54, 1.807) is 17.6 Å². The Morgan fingerprint density at radius 3 is 2.85 bits per heavy atom. The van der Waals surface area contributed by atoms with Crippen molar-refractivity contribution in [1.82, 2.24) is 9.97 Å². The summed E-state index contributed by atoms with van der Waals surface area (Å²) >= 11 is 1.18. The smallest absolute Gasteiger partial charge is 0.387 e. The van der Waals surface area contributed by atoms with Gasteiger partial charge in [-0.1, -0.05) is 6.07 Å². The number of carbonyl (C=O) groups is 2. The van der Waals surface area contributed by atoms with E-state index in [1.807, 2.05) is 0 Å². The van der Waals surface area contributed by atoms with Gasteiger partial charge in [0.25, 0.3) is 5.91 Å². The highest BCUT2D eigenvalue weighted by atomic mass is 32.1. The minimum Gasteiger partial charge on any atom is -0.464 e. The molecule has 3 aromatic rings. The van der Waals surface area contributed by atoms with Crippen molar-refractivity contribution in [3.63, 3.8) is 0 Å². The molecule has 1 aromatic carbocycles. The van der Waals surface area contributed by atoms with Gasteiger partial charge in [0, 0.05) is 22.7 Å². The molecular weight excluding hydrogens is 380 g/mol. The Morgan fingerprint density at radius 2 is 2.11 bits per heavy atom. The summed E-state index contributed by atoms with van der Waals surface area (Å²) in [5.74, 6) is -1.13. The van der Waals surface area contributed by atoms with E-state index in [0.717, 1.165) is 0 Å². The Kier molecular flexibility index (Phi) is 5.46. The SMILES string of the molecule is COC(=O)c1cc(-c2csc(NC(=O)c3cccc(OC(F)F)c3)n2)c[nH]1. The molecule has 0 radical (unpaired) electrons. The zero-order valence-corrected chi connectivity index (χ0v) is 14.7. The van der Waals surface area contributed by atoms with E-state index < -0.39 is 18.5 Å². The monoisotopic (exact) mass is 393 g/mol. The van der Waals surface area contributed by atoms with Crippen LogP contribution in [0, 0.1) is 0 Å². The summed E-state index contributed by atoms with van der Waals surface area (Å²) in [4.78, 5) is 30.8. The fraction of sp³-hybridized carbons (Fsp3) is 0.118. The highest BCUT2D eigenvalue weighted by Gasteiger charge is 2.14. The van der Waals surface area contributed by atoms with Gasteiger partial charge in [0.05, 0.1) is 12.8 Å². The number of rotatable bonds is 6. The number of thiazole rings is 1. The fourth-order valence-electron chi connectivity index (χ4n) is 2.22. The molecule has 2 aromatic heterocycles. The number of hydrogen-bond donors (Lipinski definition) is 2. The molecular formula is C17H13F2N3O4S. The molecule has 0 aliphatic rings. The zero-order chi connectivity index (χ0) is 19.4. The lowest BCUT2D eigenvalue weighted by Crippen LogP contribution is -2.12. The summed E-state index contributed by atoms with van der Waals surface area (Å²) < 4.78 is 33.5. The van der Waals surface area contributed by atoms with Crippen molar-refractivity contribution in [1.29, 1.82) is 0 Å². The average molecular weight is 393 g/mol. The van der Waals surface area contributed by atoms with Crippen LogP contribution in [0.15, 0.2) is 41.9 Å². The van der Waals surface area contributed by atoms with Gasteiger partial charge in [0.15, 0.2) is 5.13 Å². The second-order valence-corrected chi connectivity index (χ2v) is 6.05. The Morgan fingerprint density at radius 1 is 1.30 bits per heavy atom. The highest BCUT2D eigenvalue weighted by Crippen LogP contribution is 2.26. The number of alkyl halides is 2. The Bertz CT molecular complexity index is 971. The van der Waals surface area contributed by atoms with Gasteiger partial charge < -0.3 is 14.5 Å². The molecule has 27 heavy (non-hydrogen) atoms. The van der Waals surface area contributed by atoms with Crippen LogP contribution in [0.5, 0.6) is 5.75 Å². The Hall–Kier alpha value is -3.27. The summed E-state index contributed by atoms with van der Waals surface area (Å²) in [5, 5.41) is 4.61. The maximum Gasteiger partial charge on any atom is 0.387 e. The molecule has 3 rings (SSSR count). The van der Waals surface area contributed by atoms with Crippen LogP contribution >= 0.6 is 11.3 Å². The molecule has 0 aliphatic heterocycles. The highest BCUT2D eigenvalue weighted by molar-refractivity contribution is 7.14. The number of nitrogens with one attached hydrogen (secondary N) is 2. The lowest BCUT2D eigenvalue weighted by molar-refractivity contribution is -0.0498. The molecule has 0 saturated carbocycles. The van der Waals surface area contributed by atoms with Gasteiger partial charge >= 0.3 is 12.6 Å². The maximum absolute atomic E-state index is 12.3. The first kappa shape index (κ1) is 18.5. The van der Waals surface area contributed by atoms with Crippen LogP contribution in [-0.4, -0.2) is 35.6 Å². The maximum atomic E-state index is 12.3. The standard InChI is InChI=1S/C17H13F2N3O4S/c1-25-15(24)12-6-10(7-20-12)13-8-27-17(21-13)22-14(23)9-3-2-4-11(5-9)26-16(18)19/h2-8,16,20H,1H3,(H,21,22,23). The van der Waals surface area contributed by atoms with Crippen LogP contribution in [-0.2, 0) is 4.74 Å². The second-order valence-electron chi connectivity index (χ2n) is 5.19. The number of halogens is 2. The summed E-state index contributed by atoms with van der Waals surface area (Å²) in [6.45, 7) is -2.97. The Labute approximate surface area is 156 Å². The topological polar surface area (TPSA) is 93.3 Å². The van der Waals surface area contributed by atoms with Crippen LogP contribution in [0.25, 0.3) is 11.3 Å². The van der Waals surface area contributed by atoms with Crippen molar-refractivity contribution in [3.8, 4) is 17.0 Å². The van der Waals surface area contributed by atoms with Gasteiger partial charge in [0.1, 0.15) is 11.4 Å². The number of aromatic nitrogens is 2. The summed E-state index contributed by atoms with van der Waals surface area (Å²) in [5.41, 5.74) is 1.64. The number of methoxy groups -OCH3 is 1. The first-order chi connectivity index (χ1) is 13.0. The van der Waals surface area contributed by atoms with E-state index in [-0.39, 0.29) is 17.0 Å². The lowest BCUT2D eigenvalue weighted by Gasteiger charge is -2.06. The third kappa shape index (κ3) is 4.47. The predicted octanol–water partition coefficient (Wildman–Crippen LogP) is 3.78. The molecule has 0 spiro atoms. The number of ether oxygens (including phenoxy) is 2. The number of hydrogen-bond acceptors (Lipinski definition) is 6. The van der Waals surface area contributed by atoms with Gasteiger partial charge in [-0.3, -0.25) is 10.1 Å². The largest absolute Gasteiger partial charge is 0.464 e. The van der Waals surface area contributed by atoms with Crippen LogP contribution in [0.3, 0.4) is 0 Å². The second kappa shape index (κ2) is 7.96. The van der Waals surface area contributed by atoms with E-state index >= 15 is 0 Å². The van der Waals surface area contributed by atoms with E-state index in [2.05, 4.69) is 24.8 Å². The van der Waals surface area contributed by atoms with Gasteiger partial charge in [-0.15, -0.1) is 11.3 Å². The molecule has 0 saturated heterocycles. The van der Waals surface area contributed by atoms with Crippen LogP contribution in [0.1, 0.15) is 20.8 Å². The number of aromatic amines is 1. The van der Waals surface area contributed by atoms with Gasteiger partial charge in [-0.25, -0.2) is 9.78 Å². The Balaban J connectivity index is 1.71. The molecule has 0 fully saturated rings. The normalized spacial score (nSPS) is 10.7. The molecule has 0 aliphatic carbocycles. The van der Waals surface area contributed by atoms with E-state index in [0.29, 0.717) is 16.4 Å². The van der Waals surface area contributed by atoms with Crippen molar-refractivity contribution in [2.75, 3.05) is 12.4 Å². The van der Waals surface area contributed by atoms with E-state index in [4.69, 9.17) is 0 Å². The van der Waals surface area contributed by atoms with Crippen LogP contribution in [0.2, 0.25) is 0 Å². The number of benzene rings is 1. The predicted molar refractivity (Wildman–Crippen MR) is 94.3 cm³/mol. The zero-order valence-electron chi connectivity index (χ0n) is 13.9. The number of nitrogens with zero attached hydrogens (tertiary/aromatic N) is 1. The van der Waals surface area contributed by atoms with Gasteiger partial charge in [-0.2, -0.15) is 8.78 Å². The summed E-state index contributed by atoms with van der Waals surface area (Å²) in [6, 6.07) is 7.03. The van der Waals surface area contributed by atoms with E-state index in [1.165, 1.54) is 42.7 Å². The van der Waals surface area contributed by atoms with Crippen molar-refractivity contribution in [2.24, 2.45) is 0 Å². The molecule has 0 atom stereocenters. The molecule has 10 heteroatoms. The lowest BCUT2D eigenvalue weighted by atomic mass is 10.2. The van der Waals surface area contributed by atoms with Crippen LogP contribution in [0.4, 0.5) is 13.9 Å². The van der Waals surface area contributed by atoms with Crippen molar-refractivity contribution in [2.45, 2.75) is 6.61 Å². The van der Waals surface area contributed by atoms with Crippen LogP contribution < -0.4 is 10.1 Å². The minimum absolute atomic E-state index is 0.111. The molecule has 140 valence electrons. The van der Waals surface area contributed by atoms with Crippen molar-refractivity contribution >= 4 is 28.3 Å². The number of carbonyl (C=O) groups excluding carboxylic acids is 2.